The zero-order chi connectivity index (χ0) is 5.72. The van der Waals surface area contributed by atoms with Gasteiger partial charge in [-0.05, 0) is 24.2 Å². The molecule has 4 atom stereocenters. The number of fused-ring (bicyclic) bond motifs is 1. The summed E-state index contributed by atoms with van der Waals surface area (Å²) in [7, 11) is 0. The van der Waals surface area contributed by atoms with E-state index in [0.29, 0.717) is 6.04 Å². The molecule has 0 saturated heterocycles. The van der Waals surface area contributed by atoms with Crippen molar-refractivity contribution in [3.8, 4) is 0 Å². The van der Waals surface area contributed by atoms with E-state index in [1.165, 1.54) is 12.8 Å². The maximum atomic E-state index is 5.74. The Bertz CT molecular complexity index is 107. The molecular formula is C7H13N. The maximum absolute atomic E-state index is 5.74. The lowest BCUT2D eigenvalue weighted by Crippen LogP contribution is -2.13. The van der Waals surface area contributed by atoms with Gasteiger partial charge in [-0.3, -0.25) is 0 Å². The molecule has 0 heterocycles. The van der Waals surface area contributed by atoms with Gasteiger partial charge in [0.2, 0.25) is 0 Å². The molecule has 0 aromatic carbocycles. The third kappa shape index (κ3) is 0.368. The minimum absolute atomic E-state index is 0.611. The Morgan fingerprint density at radius 1 is 1.62 bits per heavy atom. The lowest BCUT2D eigenvalue weighted by molar-refractivity contribution is 0.280. The molecule has 0 aromatic heterocycles. The molecule has 2 aliphatic rings. The fraction of sp³-hybridized carbons (Fsp3) is 1.00. The highest BCUT2D eigenvalue weighted by atomic mass is 14.8. The van der Waals surface area contributed by atoms with Gasteiger partial charge in [-0.25, -0.2) is 0 Å². The second kappa shape index (κ2) is 1.27. The zero-order valence-electron chi connectivity index (χ0n) is 5.30. The number of hydrogen-bond donors (Lipinski definition) is 1. The van der Waals surface area contributed by atoms with Gasteiger partial charge >= 0.3 is 0 Å². The Morgan fingerprint density at radius 3 is 2.50 bits per heavy atom. The van der Waals surface area contributed by atoms with Crippen molar-refractivity contribution in [2.24, 2.45) is 23.5 Å². The standard InChI is InChI=1S/C7H13N/c1-2-4-3-5-6(4)7(5)8/h4-7H,2-3,8H2,1H3/t4-,5?,6?,7+/m0/s1. The quantitative estimate of drug-likeness (QED) is 0.536. The van der Waals surface area contributed by atoms with Gasteiger partial charge in [0.25, 0.3) is 0 Å². The summed E-state index contributed by atoms with van der Waals surface area (Å²) in [6, 6.07) is 0.611. The Morgan fingerprint density at radius 2 is 2.38 bits per heavy atom. The summed E-state index contributed by atoms with van der Waals surface area (Å²) >= 11 is 0. The highest BCUT2D eigenvalue weighted by Crippen LogP contribution is 2.59. The van der Waals surface area contributed by atoms with Gasteiger partial charge in [0, 0.05) is 6.04 Å². The fourth-order valence-corrected chi connectivity index (χ4v) is 2.16. The Balaban J connectivity index is 1.93. The summed E-state index contributed by atoms with van der Waals surface area (Å²) in [6.45, 7) is 2.27. The van der Waals surface area contributed by atoms with Crippen molar-refractivity contribution in [1.29, 1.82) is 0 Å². The van der Waals surface area contributed by atoms with Crippen molar-refractivity contribution in [2.75, 3.05) is 0 Å². The molecule has 2 rings (SSSR count). The predicted octanol–water partition coefficient (Wildman–Crippen LogP) is 0.990. The fourth-order valence-electron chi connectivity index (χ4n) is 2.16. The van der Waals surface area contributed by atoms with E-state index in [0.717, 1.165) is 17.8 Å². The van der Waals surface area contributed by atoms with Crippen LogP contribution >= 0.6 is 0 Å². The second-order valence-corrected chi connectivity index (χ2v) is 3.22. The van der Waals surface area contributed by atoms with E-state index in [4.69, 9.17) is 5.73 Å². The molecule has 0 radical (unpaired) electrons. The summed E-state index contributed by atoms with van der Waals surface area (Å²) in [6.07, 6.45) is 2.79. The molecule has 1 nitrogen and oxygen atoms in total. The van der Waals surface area contributed by atoms with Gasteiger partial charge in [0.1, 0.15) is 0 Å². The van der Waals surface area contributed by atoms with Crippen LogP contribution in [-0.4, -0.2) is 6.04 Å². The Hall–Kier alpha value is -0.0400. The van der Waals surface area contributed by atoms with Gasteiger partial charge < -0.3 is 5.73 Å². The molecule has 2 saturated carbocycles. The van der Waals surface area contributed by atoms with Crippen LogP contribution < -0.4 is 5.73 Å². The lowest BCUT2D eigenvalue weighted by Gasteiger charge is -2.21. The van der Waals surface area contributed by atoms with E-state index in [1.54, 1.807) is 0 Å². The smallest absolute Gasteiger partial charge is 0.0105 e. The van der Waals surface area contributed by atoms with Crippen LogP contribution in [0.3, 0.4) is 0 Å². The van der Waals surface area contributed by atoms with Crippen LogP contribution in [0.25, 0.3) is 0 Å². The van der Waals surface area contributed by atoms with Gasteiger partial charge in [-0.1, -0.05) is 13.3 Å². The largest absolute Gasteiger partial charge is 0.327 e. The van der Waals surface area contributed by atoms with Crippen LogP contribution in [0.2, 0.25) is 0 Å². The van der Waals surface area contributed by atoms with E-state index in [9.17, 15) is 0 Å². The van der Waals surface area contributed by atoms with Gasteiger partial charge in [0.15, 0.2) is 0 Å². The third-order valence-electron chi connectivity index (χ3n) is 2.94. The topological polar surface area (TPSA) is 26.0 Å². The number of nitrogens with two attached hydrogens (primary N) is 1. The molecule has 0 aliphatic heterocycles. The molecule has 0 spiro atoms. The van der Waals surface area contributed by atoms with Gasteiger partial charge in [-0.2, -0.15) is 0 Å². The van der Waals surface area contributed by atoms with Gasteiger partial charge in [0.05, 0.1) is 0 Å². The third-order valence-corrected chi connectivity index (χ3v) is 2.94. The minimum atomic E-state index is 0.611. The van der Waals surface area contributed by atoms with Crippen LogP contribution in [0.1, 0.15) is 19.8 Å². The molecule has 1 heteroatoms. The molecule has 2 fully saturated rings. The second-order valence-electron chi connectivity index (χ2n) is 3.22. The molecule has 2 aliphatic carbocycles. The molecule has 0 bridgehead atoms. The molecule has 0 aromatic rings. The van der Waals surface area contributed by atoms with E-state index in [2.05, 4.69) is 6.92 Å². The number of hydrogen-bond acceptors (Lipinski definition) is 1. The number of rotatable bonds is 1. The van der Waals surface area contributed by atoms with E-state index < -0.39 is 0 Å². The first-order valence-electron chi connectivity index (χ1n) is 3.60. The van der Waals surface area contributed by atoms with Crippen molar-refractivity contribution in [1.82, 2.24) is 0 Å². The summed E-state index contributed by atoms with van der Waals surface area (Å²) in [5.74, 6) is 2.93. The van der Waals surface area contributed by atoms with Crippen molar-refractivity contribution in [3.05, 3.63) is 0 Å². The van der Waals surface area contributed by atoms with Crippen molar-refractivity contribution >= 4 is 0 Å². The highest BCUT2D eigenvalue weighted by Gasteiger charge is 2.59. The molecule has 46 valence electrons. The first-order chi connectivity index (χ1) is 3.84. The average molecular weight is 111 g/mol. The van der Waals surface area contributed by atoms with Crippen molar-refractivity contribution in [3.63, 3.8) is 0 Å². The van der Waals surface area contributed by atoms with Crippen molar-refractivity contribution in [2.45, 2.75) is 25.8 Å². The highest BCUT2D eigenvalue weighted by molar-refractivity contribution is 5.12. The van der Waals surface area contributed by atoms with Crippen LogP contribution in [0, 0.1) is 17.8 Å². The molecule has 2 N–H and O–H groups in total. The summed E-state index contributed by atoms with van der Waals surface area (Å²) in [5.41, 5.74) is 5.74. The first kappa shape index (κ1) is 4.80. The summed E-state index contributed by atoms with van der Waals surface area (Å²) < 4.78 is 0. The average Bonchev–Trinajstić information content (AvgIpc) is 2.09. The molecule has 2 unspecified atom stereocenters. The SMILES string of the molecule is CC[C@H]1CC2C1[C@@H]2N. The van der Waals surface area contributed by atoms with E-state index in [-0.39, 0.29) is 0 Å². The minimum Gasteiger partial charge on any atom is -0.327 e. The van der Waals surface area contributed by atoms with Crippen LogP contribution in [0.15, 0.2) is 0 Å². The Kier molecular flexibility index (Phi) is 0.762. The van der Waals surface area contributed by atoms with Crippen LogP contribution in [0.5, 0.6) is 0 Å². The van der Waals surface area contributed by atoms with E-state index in [1.807, 2.05) is 0 Å². The zero-order valence-corrected chi connectivity index (χ0v) is 5.30. The summed E-state index contributed by atoms with van der Waals surface area (Å²) in [5, 5.41) is 0. The predicted molar refractivity (Wildman–Crippen MR) is 33.4 cm³/mol. The summed E-state index contributed by atoms with van der Waals surface area (Å²) in [4.78, 5) is 0. The molecule has 0 amide bonds. The van der Waals surface area contributed by atoms with Gasteiger partial charge in [-0.15, -0.1) is 0 Å². The maximum Gasteiger partial charge on any atom is 0.0105 e. The Labute approximate surface area is 50.3 Å². The lowest BCUT2D eigenvalue weighted by atomic mass is 9.84. The monoisotopic (exact) mass is 111 g/mol. The first-order valence-corrected chi connectivity index (χ1v) is 3.60. The normalized spacial score (nSPS) is 59.2. The van der Waals surface area contributed by atoms with Crippen molar-refractivity contribution < 1.29 is 0 Å². The molecule has 8 heavy (non-hydrogen) atoms. The van der Waals surface area contributed by atoms with Crippen LogP contribution in [0.4, 0.5) is 0 Å². The van der Waals surface area contributed by atoms with Crippen LogP contribution in [-0.2, 0) is 0 Å². The molecular weight excluding hydrogens is 98.1 g/mol. The van der Waals surface area contributed by atoms with E-state index >= 15 is 0 Å².